The van der Waals surface area contributed by atoms with E-state index in [1.807, 2.05) is 0 Å². The number of nitrogens with one attached hydrogen (secondary N) is 1. The van der Waals surface area contributed by atoms with E-state index >= 15 is 0 Å². The summed E-state index contributed by atoms with van der Waals surface area (Å²) >= 11 is 0. The molecule has 0 bridgehead atoms. The maximum Gasteiger partial charge on any atom is 0.294 e. The van der Waals surface area contributed by atoms with Crippen LogP contribution in [-0.2, 0) is 20.1 Å². The molecule has 0 saturated carbocycles. The van der Waals surface area contributed by atoms with Crippen LogP contribution in [0, 0.1) is 0 Å². The first-order valence-electron chi connectivity index (χ1n) is 6.03. The lowest BCUT2D eigenvalue weighted by atomic mass is 10.3. The molecule has 0 heterocycles. The van der Waals surface area contributed by atoms with Gasteiger partial charge in [-0.05, 0) is 48.5 Å². The van der Waals surface area contributed by atoms with Crippen molar-refractivity contribution in [3.63, 3.8) is 0 Å². The third-order valence-electron chi connectivity index (χ3n) is 2.66. The number of hydrogen-bond acceptors (Lipinski definition) is 6. The zero-order valence-corrected chi connectivity index (χ0v) is 13.1. The fraction of sp³-hybridized carbons (Fsp3) is 0. The summed E-state index contributed by atoms with van der Waals surface area (Å²) < 4.78 is 52.8. The van der Waals surface area contributed by atoms with Crippen LogP contribution in [0.15, 0.2) is 68.7 Å². The fourth-order valence-corrected chi connectivity index (χ4v) is 2.54. The van der Waals surface area contributed by atoms with E-state index < -0.39 is 20.1 Å². The van der Waals surface area contributed by atoms with Crippen LogP contribution in [0.4, 0.5) is 11.4 Å². The second-order valence-electron chi connectivity index (χ2n) is 4.35. The van der Waals surface area contributed by atoms with Crippen molar-refractivity contribution < 1.29 is 21.4 Å². The average molecular weight is 356 g/mol. The van der Waals surface area contributed by atoms with Crippen molar-refractivity contribution in [2.75, 3.05) is 5.43 Å². The maximum atomic E-state index is 11.1. The molecule has 11 heteroatoms. The number of benzene rings is 2. The van der Waals surface area contributed by atoms with Gasteiger partial charge in [-0.15, -0.1) is 5.11 Å². The zero-order valence-electron chi connectivity index (χ0n) is 11.5. The smallest absolute Gasteiger partial charge is 0.282 e. The minimum atomic E-state index is -4.25. The molecule has 0 amide bonds. The molecule has 0 aromatic heterocycles. The summed E-state index contributed by atoms with van der Waals surface area (Å²) in [7, 11) is -8.00. The summed E-state index contributed by atoms with van der Waals surface area (Å²) in [6, 6.07) is 10.6. The normalized spacial score (nSPS) is 12.4. The second kappa shape index (κ2) is 6.42. The van der Waals surface area contributed by atoms with Crippen LogP contribution < -0.4 is 10.6 Å². The molecule has 0 radical (unpaired) electrons. The highest BCUT2D eigenvalue weighted by molar-refractivity contribution is 7.89. The minimum absolute atomic E-state index is 0.0270. The van der Waals surface area contributed by atoms with E-state index in [4.69, 9.17) is 9.69 Å². The molecule has 0 aliphatic rings. The van der Waals surface area contributed by atoms with Gasteiger partial charge in [0.2, 0.25) is 10.0 Å². The molecule has 0 unspecified atom stereocenters. The summed E-state index contributed by atoms with van der Waals surface area (Å²) in [6.07, 6.45) is 0. The third-order valence-corrected chi connectivity index (χ3v) is 4.46. The third kappa shape index (κ3) is 4.82. The van der Waals surface area contributed by atoms with E-state index in [1.165, 1.54) is 48.5 Å². The molecule has 2 aromatic carbocycles. The van der Waals surface area contributed by atoms with Crippen LogP contribution in [-0.4, -0.2) is 21.4 Å². The Morgan fingerprint density at radius 3 is 1.87 bits per heavy atom. The van der Waals surface area contributed by atoms with Crippen LogP contribution in [0.2, 0.25) is 0 Å². The van der Waals surface area contributed by atoms with E-state index in [9.17, 15) is 16.8 Å². The highest BCUT2D eigenvalue weighted by Crippen LogP contribution is 2.17. The van der Waals surface area contributed by atoms with Crippen molar-refractivity contribution in [1.82, 2.24) is 0 Å². The van der Waals surface area contributed by atoms with Gasteiger partial charge in [0.25, 0.3) is 10.1 Å². The number of nitrogens with two attached hydrogens (primary N) is 1. The van der Waals surface area contributed by atoms with Crippen molar-refractivity contribution in [2.24, 2.45) is 15.5 Å². The van der Waals surface area contributed by atoms with E-state index in [0.717, 1.165) is 0 Å². The van der Waals surface area contributed by atoms with Gasteiger partial charge in [0.05, 0.1) is 21.2 Å². The summed E-state index contributed by atoms with van der Waals surface area (Å²) in [5.74, 6) is 0. The topological polar surface area (TPSA) is 151 Å². The van der Waals surface area contributed by atoms with Crippen molar-refractivity contribution >= 4 is 31.5 Å². The lowest BCUT2D eigenvalue weighted by Crippen LogP contribution is -2.11. The monoisotopic (exact) mass is 356 g/mol. The van der Waals surface area contributed by atoms with E-state index in [-0.39, 0.29) is 9.79 Å². The molecule has 23 heavy (non-hydrogen) atoms. The number of rotatable bonds is 5. The molecule has 0 fully saturated rings. The van der Waals surface area contributed by atoms with Gasteiger partial charge in [0, 0.05) is 0 Å². The Bertz CT molecular complexity index is 920. The maximum absolute atomic E-state index is 11.1. The number of primary sulfonamides is 1. The Balaban J connectivity index is 2.04. The Morgan fingerprint density at radius 2 is 1.39 bits per heavy atom. The van der Waals surface area contributed by atoms with E-state index in [2.05, 4.69) is 15.8 Å². The lowest BCUT2D eigenvalue weighted by Gasteiger charge is -2.01. The highest BCUT2D eigenvalue weighted by atomic mass is 32.2. The van der Waals surface area contributed by atoms with Gasteiger partial charge in [-0.2, -0.15) is 8.42 Å². The number of sulfonamides is 1. The second-order valence-corrected chi connectivity index (χ2v) is 7.33. The van der Waals surface area contributed by atoms with Crippen LogP contribution in [0.3, 0.4) is 0 Å². The van der Waals surface area contributed by atoms with Gasteiger partial charge in [-0.3, -0.25) is 9.98 Å². The van der Waals surface area contributed by atoms with E-state index in [0.29, 0.717) is 11.4 Å². The molecule has 2 aromatic rings. The quantitative estimate of drug-likeness (QED) is 0.421. The summed E-state index contributed by atoms with van der Waals surface area (Å²) in [4.78, 5) is -0.274. The minimum Gasteiger partial charge on any atom is -0.282 e. The van der Waals surface area contributed by atoms with Crippen molar-refractivity contribution in [3.8, 4) is 0 Å². The summed E-state index contributed by atoms with van der Waals surface area (Å²) in [5.41, 5.74) is 3.41. The molecule has 0 aliphatic heterocycles. The number of nitrogens with zero attached hydrogens (tertiary/aromatic N) is 2. The molecule has 2 rings (SSSR count). The van der Waals surface area contributed by atoms with Crippen molar-refractivity contribution in [1.29, 1.82) is 0 Å². The molecule has 0 atom stereocenters. The lowest BCUT2D eigenvalue weighted by molar-refractivity contribution is 0.483. The molecule has 0 spiro atoms. The first kappa shape index (κ1) is 17.0. The van der Waals surface area contributed by atoms with Gasteiger partial charge < -0.3 is 0 Å². The Labute approximate surface area is 132 Å². The Kier molecular flexibility index (Phi) is 4.75. The Morgan fingerprint density at radius 1 is 0.870 bits per heavy atom. The highest BCUT2D eigenvalue weighted by Gasteiger charge is 2.08. The average Bonchev–Trinajstić information content (AvgIpc) is 2.46. The molecule has 0 aliphatic carbocycles. The number of hydrogen-bond donors (Lipinski definition) is 3. The molecule has 122 valence electrons. The summed E-state index contributed by atoms with van der Waals surface area (Å²) in [5, 5.41) is 12.4. The van der Waals surface area contributed by atoms with Gasteiger partial charge in [0.15, 0.2) is 0 Å². The first-order valence-corrected chi connectivity index (χ1v) is 9.02. The first-order chi connectivity index (χ1) is 10.7. The predicted molar refractivity (Wildman–Crippen MR) is 82.2 cm³/mol. The molecule has 4 N–H and O–H groups in total. The Hall–Kier alpha value is -2.34. The van der Waals surface area contributed by atoms with Gasteiger partial charge in [-0.25, -0.2) is 13.6 Å². The van der Waals surface area contributed by atoms with Crippen LogP contribution >= 0.6 is 0 Å². The SMILES string of the molecule is NS(=O)(=O)c1ccc(NN=Nc2ccc(S(=O)(=O)O)cc2)cc1. The number of anilines is 1. The molecule has 0 saturated heterocycles. The van der Waals surface area contributed by atoms with Gasteiger partial charge >= 0.3 is 0 Å². The van der Waals surface area contributed by atoms with Crippen molar-refractivity contribution in [2.45, 2.75) is 9.79 Å². The largest absolute Gasteiger partial charge is 0.294 e. The van der Waals surface area contributed by atoms with E-state index in [1.54, 1.807) is 0 Å². The molecule has 9 nitrogen and oxygen atoms in total. The van der Waals surface area contributed by atoms with Crippen LogP contribution in [0.5, 0.6) is 0 Å². The van der Waals surface area contributed by atoms with Crippen LogP contribution in [0.1, 0.15) is 0 Å². The molecular weight excluding hydrogens is 344 g/mol. The van der Waals surface area contributed by atoms with Gasteiger partial charge in [0.1, 0.15) is 0 Å². The summed E-state index contributed by atoms with van der Waals surface area (Å²) in [6.45, 7) is 0. The molecular formula is C12H12N4O5S2. The van der Waals surface area contributed by atoms with Crippen molar-refractivity contribution in [3.05, 3.63) is 48.5 Å². The zero-order chi connectivity index (χ0) is 17.1. The predicted octanol–water partition coefficient (Wildman–Crippen LogP) is 1.69. The van der Waals surface area contributed by atoms with Crippen LogP contribution in [0.25, 0.3) is 0 Å². The fourth-order valence-electron chi connectivity index (χ4n) is 1.54. The standard InChI is InChI=1S/C12H12N4O5S2/c13-22(17,18)11-5-1-9(2-6-11)14-16-15-10-3-7-12(8-4-10)23(19,20)21/h1-8H,(H,14,15)(H2,13,17,18)(H,19,20,21). The van der Waals surface area contributed by atoms with Gasteiger partial charge in [-0.1, -0.05) is 5.22 Å².